The minimum Gasteiger partial charge on any atom is -0.472 e. The van der Waals surface area contributed by atoms with Crippen molar-refractivity contribution in [2.24, 2.45) is 22.7 Å². The van der Waals surface area contributed by atoms with Gasteiger partial charge in [-0.1, -0.05) is 20.8 Å². The molecule has 3 fully saturated rings. The van der Waals surface area contributed by atoms with Crippen LogP contribution < -0.4 is 0 Å². The molecule has 0 aromatic carbocycles. The molecule has 4 heterocycles. The first-order valence-corrected chi connectivity index (χ1v) is 18.7. The molecule has 0 aromatic heterocycles. The van der Waals surface area contributed by atoms with E-state index in [2.05, 4.69) is 0 Å². The molecule has 0 aliphatic carbocycles. The molecule has 14 heteroatoms. The second-order valence-electron chi connectivity index (χ2n) is 16.5. The van der Waals surface area contributed by atoms with Gasteiger partial charge in [0.25, 0.3) is 0 Å². The Morgan fingerprint density at radius 3 is 2.20 bits per heavy atom. The first-order valence-electron chi connectivity index (χ1n) is 18.7. The number of aliphatic hydroxyl groups excluding tert-OH is 3. The van der Waals surface area contributed by atoms with Crippen LogP contribution >= 0.6 is 0 Å². The highest BCUT2D eigenvalue weighted by molar-refractivity contribution is 5.81. The fraction of sp³-hybridized carbons (Fsp3) is 0.946. The minimum atomic E-state index is -1.84. The lowest BCUT2D eigenvalue weighted by Crippen LogP contribution is -2.60. The number of carbonyl (C=O) groups is 1. The molecule has 18 atom stereocenters. The number of nitrogens with zero attached hydrogens (tertiary/aromatic N) is 2. The van der Waals surface area contributed by atoms with Crippen molar-refractivity contribution in [2.75, 3.05) is 21.2 Å². The highest BCUT2D eigenvalue weighted by Gasteiger charge is 2.56. The van der Waals surface area contributed by atoms with Crippen LogP contribution in [-0.2, 0) is 38.0 Å². The molecule has 2 bridgehead atoms. The van der Waals surface area contributed by atoms with Crippen LogP contribution in [0.3, 0.4) is 0 Å². The average Bonchev–Trinajstić information content (AvgIpc) is 3.35. The minimum absolute atomic E-state index is 0.163. The van der Waals surface area contributed by atoms with Gasteiger partial charge in [0.15, 0.2) is 18.5 Å². The molecule has 0 amide bonds. The lowest BCUT2D eigenvalue weighted by Gasteiger charge is -2.48. The summed E-state index contributed by atoms with van der Waals surface area (Å²) in [5, 5.41) is 45.5. The second-order valence-corrected chi connectivity index (χ2v) is 16.5. The number of likely N-dealkylation sites (N-methyl/N-ethyl adjacent to an activating group) is 1. The Kier molecular flexibility index (Phi) is 13.4. The van der Waals surface area contributed by atoms with Crippen LogP contribution in [0.5, 0.6) is 0 Å². The van der Waals surface area contributed by atoms with E-state index < -0.39 is 96.0 Å². The second kappa shape index (κ2) is 16.1. The third-order valence-electron chi connectivity index (χ3n) is 11.9. The van der Waals surface area contributed by atoms with E-state index >= 15 is 0 Å². The highest BCUT2D eigenvalue weighted by Crippen LogP contribution is 2.44. The Labute approximate surface area is 304 Å². The van der Waals surface area contributed by atoms with Crippen LogP contribution in [0.25, 0.3) is 0 Å². The number of aliphatic imine (C=N–C) groups is 1. The van der Waals surface area contributed by atoms with Crippen LogP contribution in [0, 0.1) is 17.8 Å². The van der Waals surface area contributed by atoms with Gasteiger partial charge in [-0.3, -0.25) is 4.79 Å². The fourth-order valence-corrected chi connectivity index (χ4v) is 8.61. The summed E-state index contributed by atoms with van der Waals surface area (Å²) < 4.78 is 44.5. The van der Waals surface area contributed by atoms with Gasteiger partial charge in [0, 0.05) is 37.8 Å². The number of hydrogen-bond acceptors (Lipinski definition) is 14. The number of fused-ring (bicyclic) bond motifs is 2. The molecule has 4 rings (SSSR count). The van der Waals surface area contributed by atoms with Crippen LogP contribution in [0.15, 0.2) is 4.99 Å². The first kappa shape index (κ1) is 42.3. The third-order valence-corrected chi connectivity index (χ3v) is 11.9. The van der Waals surface area contributed by atoms with Gasteiger partial charge in [0.05, 0.1) is 35.9 Å². The zero-order chi connectivity index (χ0) is 38.4. The predicted octanol–water partition coefficient (Wildman–Crippen LogP) is 2.41. The van der Waals surface area contributed by atoms with Gasteiger partial charge in [-0.15, -0.1) is 0 Å². The zero-order valence-corrected chi connectivity index (χ0v) is 32.9. The molecule has 0 spiro atoms. The van der Waals surface area contributed by atoms with Gasteiger partial charge >= 0.3 is 5.97 Å². The summed E-state index contributed by atoms with van der Waals surface area (Å²) in [6, 6.07) is -1.04. The molecule has 0 aromatic rings. The SMILES string of the molecule is CC[C@@H]1OC(=O)[C@H](C)[C@H](O[C@H]2C[C@@](C)(OC)[C@@H](O)[C@H](C)O2)[C@@H](C)[C@@H](O[C@@H]2O[C@H](C)C[C@H](N(C)C)[C@H]2O)[C@@]2(C)C[C@@H](C)C(=N[C@@H](C)[C@H](O)[C@]1(C)O)O2. The topological polar surface area (TPSA) is 178 Å². The molecular formula is C37H66N2O12. The van der Waals surface area contributed by atoms with E-state index in [-0.39, 0.29) is 30.9 Å². The van der Waals surface area contributed by atoms with E-state index in [0.717, 1.165) is 0 Å². The zero-order valence-electron chi connectivity index (χ0n) is 32.9. The van der Waals surface area contributed by atoms with E-state index in [9.17, 15) is 25.2 Å². The van der Waals surface area contributed by atoms with Gasteiger partial charge < -0.3 is 58.5 Å². The Bertz CT molecular complexity index is 1220. The van der Waals surface area contributed by atoms with Crippen molar-refractivity contribution >= 4 is 11.9 Å². The monoisotopic (exact) mass is 730 g/mol. The van der Waals surface area contributed by atoms with Crippen LogP contribution in [0.4, 0.5) is 0 Å². The van der Waals surface area contributed by atoms with E-state index in [0.29, 0.717) is 18.7 Å². The Balaban J connectivity index is 1.85. The number of methoxy groups -OCH3 is 1. The Morgan fingerprint density at radius 1 is 0.961 bits per heavy atom. The average molecular weight is 731 g/mol. The van der Waals surface area contributed by atoms with Gasteiger partial charge in [0.1, 0.15) is 41.7 Å². The number of cyclic esters (lactones) is 1. The molecule has 0 unspecified atom stereocenters. The van der Waals surface area contributed by atoms with E-state index in [4.69, 9.17) is 38.2 Å². The summed E-state index contributed by atoms with van der Waals surface area (Å²) in [5.41, 5.74) is -3.91. The summed E-state index contributed by atoms with van der Waals surface area (Å²) in [6.07, 6.45) is -7.53. The number of esters is 1. The summed E-state index contributed by atoms with van der Waals surface area (Å²) in [6.45, 7) is 17.8. The van der Waals surface area contributed by atoms with Crippen LogP contribution in [0.2, 0.25) is 0 Å². The number of rotatable bonds is 7. The lowest BCUT2D eigenvalue weighted by molar-refractivity contribution is -0.315. The summed E-state index contributed by atoms with van der Waals surface area (Å²) in [5.74, 6) is -2.03. The number of aliphatic hydroxyl groups is 4. The fourth-order valence-electron chi connectivity index (χ4n) is 8.61. The van der Waals surface area contributed by atoms with E-state index in [1.165, 1.54) is 14.0 Å². The summed E-state index contributed by atoms with van der Waals surface area (Å²) >= 11 is 0. The first-order chi connectivity index (χ1) is 23.6. The van der Waals surface area contributed by atoms with Crippen molar-refractivity contribution in [1.29, 1.82) is 0 Å². The third kappa shape index (κ3) is 8.60. The molecule has 0 saturated carbocycles. The lowest BCUT2D eigenvalue weighted by atomic mass is 9.79. The molecular weight excluding hydrogens is 664 g/mol. The molecule has 4 N–H and O–H groups in total. The molecule has 3 saturated heterocycles. The normalized spacial score (nSPS) is 50.3. The number of hydrogen-bond donors (Lipinski definition) is 4. The standard InChI is InChI=1S/C37H66N2O12/c1-14-25-37(10,44)29(41)22(6)38-32-18(2)16-36(9,51-32)31(50-34-27(40)24(39(11)12)15-19(3)46-34)20(4)28(21(5)33(43)48-25)49-26-17-35(8,45-13)30(42)23(7)47-26/h18-31,34,40-42,44H,14-17H2,1-13H3/t18-,19-,20-,21-,22+,23+,24+,25+,26+,27-,28-,29+,30+,31-,34+,35-,36-,37-/m1/s1. The van der Waals surface area contributed by atoms with E-state index in [1.807, 2.05) is 46.7 Å². The summed E-state index contributed by atoms with van der Waals surface area (Å²) in [7, 11) is 5.33. The van der Waals surface area contributed by atoms with Crippen molar-refractivity contribution in [3.05, 3.63) is 0 Å². The molecule has 4 aliphatic heterocycles. The largest absolute Gasteiger partial charge is 0.472 e. The van der Waals surface area contributed by atoms with Crippen molar-refractivity contribution in [3.63, 3.8) is 0 Å². The Morgan fingerprint density at radius 2 is 1.61 bits per heavy atom. The maximum atomic E-state index is 14.2. The van der Waals surface area contributed by atoms with Gasteiger partial charge in [-0.25, -0.2) is 4.99 Å². The quantitative estimate of drug-likeness (QED) is 0.281. The van der Waals surface area contributed by atoms with Crippen molar-refractivity contribution in [1.82, 2.24) is 4.90 Å². The molecule has 0 radical (unpaired) electrons. The number of carbonyl (C=O) groups excluding carboxylic acids is 1. The maximum absolute atomic E-state index is 14.2. The predicted molar refractivity (Wildman–Crippen MR) is 188 cm³/mol. The van der Waals surface area contributed by atoms with E-state index in [1.54, 1.807) is 34.6 Å². The molecule has 14 nitrogen and oxygen atoms in total. The van der Waals surface area contributed by atoms with Gasteiger partial charge in [-0.2, -0.15) is 0 Å². The van der Waals surface area contributed by atoms with Crippen LogP contribution in [0.1, 0.15) is 94.9 Å². The highest BCUT2D eigenvalue weighted by atomic mass is 16.7. The Hall–Kier alpha value is -1.46. The van der Waals surface area contributed by atoms with Gasteiger partial charge in [-0.05, 0) is 75.4 Å². The molecule has 4 aliphatic rings. The molecule has 296 valence electrons. The van der Waals surface area contributed by atoms with Crippen molar-refractivity contribution < 1.29 is 58.4 Å². The van der Waals surface area contributed by atoms with Crippen molar-refractivity contribution in [2.45, 2.75) is 185 Å². The van der Waals surface area contributed by atoms with Crippen LogP contribution in [-0.4, -0.2) is 149 Å². The number of ether oxygens (including phenoxy) is 7. The maximum Gasteiger partial charge on any atom is 0.311 e. The molecule has 51 heavy (non-hydrogen) atoms. The van der Waals surface area contributed by atoms with Gasteiger partial charge in [0.2, 0.25) is 0 Å². The van der Waals surface area contributed by atoms with Crippen molar-refractivity contribution in [3.8, 4) is 0 Å². The summed E-state index contributed by atoms with van der Waals surface area (Å²) in [4.78, 5) is 20.9. The smallest absolute Gasteiger partial charge is 0.311 e.